The zero-order valence-corrected chi connectivity index (χ0v) is 10.4. The maximum atomic E-state index is 10.3. The van der Waals surface area contributed by atoms with Crippen molar-refractivity contribution < 1.29 is 14.6 Å². The van der Waals surface area contributed by atoms with E-state index in [0.717, 1.165) is 37.6 Å². The summed E-state index contributed by atoms with van der Waals surface area (Å²) in [6.07, 6.45) is 3.80. The van der Waals surface area contributed by atoms with E-state index >= 15 is 0 Å². The normalized spacial score (nSPS) is 35.2. The number of aliphatic hydroxyl groups excluding tert-OH is 1. The van der Waals surface area contributed by atoms with E-state index in [-0.39, 0.29) is 11.5 Å². The molecule has 2 fully saturated rings. The van der Waals surface area contributed by atoms with E-state index in [1.54, 1.807) is 6.20 Å². The summed E-state index contributed by atoms with van der Waals surface area (Å²) in [5.41, 5.74) is 0.531. The van der Waals surface area contributed by atoms with Crippen molar-refractivity contribution in [2.45, 2.75) is 31.0 Å². The van der Waals surface area contributed by atoms with E-state index in [1.807, 2.05) is 0 Å². The van der Waals surface area contributed by atoms with Gasteiger partial charge in [-0.3, -0.25) is 0 Å². The van der Waals surface area contributed by atoms with Gasteiger partial charge in [0.1, 0.15) is 11.8 Å². The molecule has 17 heavy (non-hydrogen) atoms. The SMILES string of the molecule is OC(c1cnsn1)C1CCOC2(CCOC2)C1. The molecule has 3 heterocycles. The van der Waals surface area contributed by atoms with Gasteiger partial charge in [-0.15, -0.1) is 0 Å². The Morgan fingerprint density at radius 2 is 2.47 bits per heavy atom. The third-order valence-corrected chi connectivity index (χ3v) is 4.22. The van der Waals surface area contributed by atoms with Gasteiger partial charge in [0.2, 0.25) is 0 Å². The van der Waals surface area contributed by atoms with Crippen molar-refractivity contribution >= 4 is 11.7 Å². The van der Waals surface area contributed by atoms with Crippen molar-refractivity contribution in [2.24, 2.45) is 5.92 Å². The molecule has 94 valence electrons. The van der Waals surface area contributed by atoms with Crippen LogP contribution in [0.15, 0.2) is 6.20 Å². The average Bonchev–Trinajstić information content (AvgIpc) is 3.00. The first-order valence-electron chi connectivity index (χ1n) is 5.96. The highest BCUT2D eigenvalue weighted by molar-refractivity contribution is 6.99. The number of aromatic nitrogens is 2. The van der Waals surface area contributed by atoms with Crippen molar-refractivity contribution in [1.29, 1.82) is 0 Å². The second-order valence-electron chi connectivity index (χ2n) is 4.86. The Kier molecular flexibility index (Phi) is 3.12. The number of hydrogen-bond donors (Lipinski definition) is 1. The van der Waals surface area contributed by atoms with E-state index in [1.165, 1.54) is 0 Å². The largest absolute Gasteiger partial charge is 0.386 e. The summed E-state index contributed by atoms with van der Waals surface area (Å²) in [4.78, 5) is 0. The Labute approximate surface area is 104 Å². The molecule has 3 rings (SSSR count). The molecular formula is C11H16N2O3S. The summed E-state index contributed by atoms with van der Waals surface area (Å²) in [6, 6.07) is 0. The lowest BCUT2D eigenvalue weighted by Gasteiger charge is -2.38. The predicted molar refractivity (Wildman–Crippen MR) is 61.7 cm³/mol. The lowest BCUT2D eigenvalue weighted by atomic mass is 9.81. The average molecular weight is 256 g/mol. The Morgan fingerprint density at radius 3 is 3.18 bits per heavy atom. The molecule has 3 atom stereocenters. The Bertz CT molecular complexity index is 365. The first kappa shape index (κ1) is 11.5. The Balaban J connectivity index is 1.71. The summed E-state index contributed by atoms with van der Waals surface area (Å²) < 4.78 is 19.3. The topological polar surface area (TPSA) is 64.5 Å². The molecule has 5 nitrogen and oxygen atoms in total. The van der Waals surface area contributed by atoms with Gasteiger partial charge in [0, 0.05) is 19.6 Å². The second-order valence-corrected chi connectivity index (χ2v) is 5.42. The number of rotatable bonds is 2. The zero-order chi connectivity index (χ0) is 11.7. The summed E-state index contributed by atoms with van der Waals surface area (Å²) in [7, 11) is 0. The first-order chi connectivity index (χ1) is 8.29. The van der Waals surface area contributed by atoms with Crippen molar-refractivity contribution in [3.05, 3.63) is 11.9 Å². The van der Waals surface area contributed by atoms with Crippen LogP contribution in [-0.2, 0) is 9.47 Å². The second kappa shape index (κ2) is 4.61. The van der Waals surface area contributed by atoms with Gasteiger partial charge in [0.15, 0.2) is 0 Å². The van der Waals surface area contributed by atoms with Crippen LogP contribution in [-0.4, -0.2) is 39.3 Å². The van der Waals surface area contributed by atoms with Gasteiger partial charge in [-0.05, 0) is 18.8 Å². The highest BCUT2D eigenvalue weighted by Gasteiger charge is 2.43. The molecular weight excluding hydrogens is 240 g/mol. The van der Waals surface area contributed by atoms with Gasteiger partial charge < -0.3 is 14.6 Å². The van der Waals surface area contributed by atoms with Gasteiger partial charge in [-0.25, -0.2) is 0 Å². The van der Waals surface area contributed by atoms with Crippen LogP contribution < -0.4 is 0 Å². The maximum Gasteiger partial charge on any atom is 0.103 e. The van der Waals surface area contributed by atoms with E-state index < -0.39 is 6.10 Å². The lowest BCUT2D eigenvalue weighted by molar-refractivity contribution is -0.117. The molecule has 1 spiro atoms. The molecule has 2 aliphatic rings. The lowest BCUT2D eigenvalue weighted by Crippen LogP contribution is -2.41. The molecule has 1 aromatic rings. The van der Waals surface area contributed by atoms with E-state index in [9.17, 15) is 5.11 Å². The monoisotopic (exact) mass is 256 g/mol. The number of ether oxygens (including phenoxy) is 2. The summed E-state index contributed by atoms with van der Waals surface area (Å²) in [5.74, 6) is 0.203. The minimum atomic E-state index is -0.518. The van der Waals surface area contributed by atoms with Crippen molar-refractivity contribution in [1.82, 2.24) is 8.75 Å². The minimum Gasteiger partial charge on any atom is -0.386 e. The van der Waals surface area contributed by atoms with Crippen molar-refractivity contribution in [3.63, 3.8) is 0 Å². The standard InChI is InChI=1S/C11H16N2O3S/c14-10(9-6-12-17-13-9)8-1-3-16-11(5-8)2-4-15-7-11/h6,8,10,14H,1-5,7H2. The molecule has 0 aliphatic carbocycles. The van der Waals surface area contributed by atoms with Gasteiger partial charge in [0.25, 0.3) is 0 Å². The maximum absolute atomic E-state index is 10.3. The molecule has 0 radical (unpaired) electrons. The quantitative estimate of drug-likeness (QED) is 0.860. The van der Waals surface area contributed by atoms with Crippen LogP contribution in [0, 0.1) is 5.92 Å². The van der Waals surface area contributed by atoms with Crippen LogP contribution in [0.25, 0.3) is 0 Å². The molecule has 2 aliphatic heterocycles. The van der Waals surface area contributed by atoms with Gasteiger partial charge in [0.05, 0.1) is 30.1 Å². The first-order valence-corrected chi connectivity index (χ1v) is 6.69. The summed E-state index contributed by atoms with van der Waals surface area (Å²) in [6.45, 7) is 2.12. The fraction of sp³-hybridized carbons (Fsp3) is 0.818. The third-order valence-electron chi connectivity index (χ3n) is 3.73. The van der Waals surface area contributed by atoms with Gasteiger partial charge in [-0.1, -0.05) is 0 Å². The molecule has 0 bridgehead atoms. The van der Waals surface area contributed by atoms with Crippen molar-refractivity contribution in [2.75, 3.05) is 19.8 Å². The van der Waals surface area contributed by atoms with Crippen LogP contribution in [0.5, 0.6) is 0 Å². The molecule has 0 saturated carbocycles. The third kappa shape index (κ3) is 2.22. The molecule has 1 aromatic heterocycles. The van der Waals surface area contributed by atoms with Gasteiger partial charge >= 0.3 is 0 Å². The minimum absolute atomic E-state index is 0.159. The van der Waals surface area contributed by atoms with Crippen LogP contribution in [0.2, 0.25) is 0 Å². The van der Waals surface area contributed by atoms with Crippen molar-refractivity contribution in [3.8, 4) is 0 Å². The summed E-state index contributed by atoms with van der Waals surface area (Å²) >= 11 is 1.14. The van der Waals surface area contributed by atoms with Gasteiger partial charge in [-0.2, -0.15) is 8.75 Å². The molecule has 3 unspecified atom stereocenters. The van der Waals surface area contributed by atoms with Crippen LogP contribution in [0.3, 0.4) is 0 Å². The number of hydrogen-bond acceptors (Lipinski definition) is 6. The van der Waals surface area contributed by atoms with E-state index in [4.69, 9.17) is 9.47 Å². The van der Waals surface area contributed by atoms with Crippen LogP contribution in [0.4, 0.5) is 0 Å². The van der Waals surface area contributed by atoms with E-state index in [2.05, 4.69) is 8.75 Å². The molecule has 6 heteroatoms. The highest BCUT2D eigenvalue weighted by Crippen LogP contribution is 2.40. The predicted octanol–water partition coefficient (Wildman–Crippen LogP) is 1.16. The molecule has 2 saturated heterocycles. The molecule has 0 amide bonds. The summed E-state index contributed by atoms with van der Waals surface area (Å²) in [5, 5.41) is 10.3. The van der Waals surface area contributed by atoms with E-state index in [0.29, 0.717) is 18.9 Å². The number of nitrogens with zero attached hydrogens (tertiary/aromatic N) is 2. The molecule has 0 aromatic carbocycles. The smallest absolute Gasteiger partial charge is 0.103 e. The van der Waals surface area contributed by atoms with Crippen LogP contribution >= 0.6 is 11.7 Å². The Morgan fingerprint density at radius 1 is 1.53 bits per heavy atom. The fourth-order valence-electron chi connectivity index (χ4n) is 2.74. The Hall–Kier alpha value is -0.560. The number of aliphatic hydroxyl groups is 1. The zero-order valence-electron chi connectivity index (χ0n) is 9.54. The van der Waals surface area contributed by atoms with Crippen LogP contribution in [0.1, 0.15) is 31.1 Å². The highest BCUT2D eigenvalue weighted by atomic mass is 32.1. The molecule has 1 N–H and O–H groups in total. The fourth-order valence-corrected chi connectivity index (χ4v) is 3.19.